The molecule has 5 rings (SSSR count). The molecule has 2 fully saturated rings. The maximum atomic E-state index is 15.0. The summed E-state index contributed by atoms with van der Waals surface area (Å²) >= 11 is 0. The van der Waals surface area contributed by atoms with Crippen molar-refractivity contribution in [3.8, 4) is 0 Å². The second kappa shape index (κ2) is 11.4. The van der Waals surface area contributed by atoms with Crippen molar-refractivity contribution < 1.29 is 61.9 Å². The quantitative estimate of drug-likeness (QED) is 0.338. The first-order valence-electron chi connectivity index (χ1n) is 14.4. The minimum Gasteiger partial charge on any atom is -0.380 e. The Kier molecular flexibility index (Phi) is 8.58. The number of fused-ring (bicyclic) bond motifs is 3. The minimum atomic E-state index is -6.39. The van der Waals surface area contributed by atoms with E-state index in [4.69, 9.17) is 0 Å². The van der Waals surface area contributed by atoms with E-state index in [-0.39, 0.29) is 68.8 Å². The first-order chi connectivity index (χ1) is 21.5. The van der Waals surface area contributed by atoms with Gasteiger partial charge in [-0.2, -0.15) is 26.3 Å². The van der Waals surface area contributed by atoms with Gasteiger partial charge in [0, 0.05) is 30.6 Å². The topological polar surface area (TPSA) is 121 Å². The average molecular weight is 719 g/mol. The summed E-state index contributed by atoms with van der Waals surface area (Å²) in [6.45, 7) is -0.331. The second-order valence-electron chi connectivity index (χ2n) is 12.3. The molecule has 0 unspecified atom stereocenters. The van der Waals surface area contributed by atoms with Gasteiger partial charge in [0.15, 0.2) is 9.84 Å². The highest BCUT2D eigenvalue weighted by Gasteiger charge is 2.74. The second-order valence-corrected chi connectivity index (χ2v) is 16.5. The minimum absolute atomic E-state index is 0.0539. The van der Waals surface area contributed by atoms with E-state index in [2.05, 4.69) is 5.32 Å². The predicted molar refractivity (Wildman–Crippen MR) is 150 cm³/mol. The predicted octanol–water partition coefficient (Wildman–Crippen LogP) is 4.41. The van der Waals surface area contributed by atoms with Crippen LogP contribution in [0.2, 0.25) is 0 Å². The molecule has 8 nitrogen and oxygen atoms in total. The van der Waals surface area contributed by atoms with Crippen LogP contribution in [-0.2, 0) is 41.5 Å². The summed E-state index contributed by atoms with van der Waals surface area (Å²) in [7, 11) is -8.22. The van der Waals surface area contributed by atoms with Gasteiger partial charge in [-0.3, -0.25) is 4.79 Å². The summed E-state index contributed by atoms with van der Waals surface area (Å²) in [4.78, 5) is 13.0. The molecule has 3 atom stereocenters. The number of sulfonamides is 1. The lowest BCUT2D eigenvalue weighted by atomic mass is 9.73. The lowest BCUT2D eigenvalue weighted by Gasteiger charge is -2.43. The lowest BCUT2D eigenvalue weighted by molar-refractivity contribution is -0.348. The maximum absolute atomic E-state index is 15.0. The number of aliphatic hydroxyl groups is 1. The number of sulfone groups is 1. The lowest BCUT2D eigenvalue weighted by Crippen LogP contribution is -2.58. The van der Waals surface area contributed by atoms with Crippen LogP contribution in [0.3, 0.4) is 0 Å². The van der Waals surface area contributed by atoms with Crippen LogP contribution in [-0.4, -0.2) is 75.5 Å². The van der Waals surface area contributed by atoms with Gasteiger partial charge in [0.05, 0.1) is 11.2 Å². The number of rotatable bonds is 6. The van der Waals surface area contributed by atoms with Crippen LogP contribution in [0.1, 0.15) is 48.8 Å². The zero-order chi connectivity index (χ0) is 35.0. The number of hydrogen-bond donors (Lipinski definition) is 2. The molecule has 3 aliphatic rings. The number of alkyl halides is 7. The average Bonchev–Trinajstić information content (AvgIpc) is 3.35. The molecule has 2 aliphatic carbocycles. The fourth-order valence-corrected chi connectivity index (χ4v) is 10.6. The molecular formula is C29H30F8N2O6S2. The van der Waals surface area contributed by atoms with Crippen molar-refractivity contribution in [2.24, 2.45) is 5.92 Å². The number of carbonyl (C=O) groups excluding carboxylic acids is 1. The van der Waals surface area contributed by atoms with Gasteiger partial charge in [-0.25, -0.2) is 29.9 Å². The van der Waals surface area contributed by atoms with Crippen molar-refractivity contribution in [3.63, 3.8) is 0 Å². The van der Waals surface area contributed by atoms with Crippen molar-refractivity contribution in [1.29, 1.82) is 0 Å². The number of carbonyl (C=O) groups is 1. The summed E-state index contributed by atoms with van der Waals surface area (Å²) in [5.41, 5.74) is -9.97. The smallest absolute Gasteiger partial charge is 0.380 e. The number of halogens is 8. The molecule has 2 aromatic carbocycles. The molecule has 2 aromatic rings. The van der Waals surface area contributed by atoms with Crippen LogP contribution < -0.4 is 5.32 Å². The standard InChI is InChI=1S/C29H30F8N2O6S2/c1-46(42,43)39-14-12-25(41,13-15-39)24(40)38-23-10-11-26(47(44,45)20-6-4-19(30)5-7-20)21-9-3-18(16-17(21)2-8-22(23)26)27(31,28(32,33)34)29(35,36)37/h3-7,9,16,22-23,41H,2,8,10-15H2,1H3,(H,38,40)/t22-,23+,26+/m0/s1. The third-order valence-electron chi connectivity index (χ3n) is 9.74. The summed E-state index contributed by atoms with van der Waals surface area (Å²) in [6.07, 6.45) is -13.1. The first kappa shape index (κ1) is 35.5. The van der Waals surface area contributed by atoms with Crippen molar-refractivity contribution in [3.05, 3.63) is 65.0 Å². The normalized spacial score (nSPS) is 25.6. The van der Waals surface area contributed by atoms with E-state index in [1.807, 2.05) is 0 Å². The zero-order valence-corrected chi connectivity index (χ0v) is 26.3. The highest BCUT2D eigenvalue weighted by atomic mass is 32.2. The molecule has 260 valence electrons. The highest BCUT2D eigenvalue weighted by Crippen LogP contribution is 2.59. The van der Waals surface area contributed by atoms with Gasteiger partial charge in [-0.1, -0.05) is 18.2 Å². The summed E-state index contributed by atoms with van der Waals surface area (Å²) in [5, 5.41) is 13.8. The number of piperidine rings is 1. The van der Waals surface area contributed by atoms with Crippen molar-refractivity contribution in [2.45, 2.75) is 77.8 Å². The summed E-state index contributed by atoms with van der Waals surface area (Å²) in [6, 6.07) is 4.06. The van der Waals surface area contributed by atoms with Gasteiger partial charge in [0.1, 0.15) is 16.2 Å². The van der Waals surface area contributed by atoms with Gasteiger partial charge < -0.3 is 10.4 Å². The zero-order valence-electron chi connectivity index (χ0n) is 24.6. The number of nitrogens with zero attached hydrogens (tertiary/aromatic N) is 1. The number of hydrogen-bond acceptors (Lipinski definition) is 6. The van der Waals surface area contributed by atoms with Crippen LogP contribution >= 0.6 is 0 Å². The van der Waals surface area contributed by atoms with Crippen molar-refractivity contribution in [1.82, 2.24) is 9.62 Å². The molecule has 2 N–H and O–H groups in total. The number of nitrogens with one attached hydrogen (secondary N) is 1. The van der Waals surface area contributed by atoms with E-state index in [0.717, 1.165) is 40.9 Å². The Bertz CT molecular complexity index is 1760. The van der Waals surface area contributed by atoms with Gasteiger partial charge in [-0.15, -0.1) is 0 Å². The first-order valence-corrected chi connectivity index (χ1v) is 17.8. The van der Waals surface area contributed by atoms with Crippen LogP contribution in [0.25, 0.3) is 0 Å². The molecular weight excluding hydrogens is 688 g/mol. The molecule has 0 aromatic heterocycles. The van der Waals surface area contributed by atoms with Gasteiger partial charge in [-0.05, 0) is 73.9 Å². The SMILES string of the molecule is CS(=O)(=O)N1CCC(O)(C(=O)N[C@@H]2CC[C@@]3(S(=O)(=O)c4ccc(F)cc4)c4ccc(C(F)(C(F)(F)F)C(F)(F)F)cc4CC[C@@H]23)CC1. The Morgan fingerprint density at radius 3 is 2.00 bits per heavy atom. The Morgan fingerprint density at radius 1 is 0.894 bits per heavy atom. The van der Waals surface area contributed by atoms with Crippen molar-refractivity contribution in [2.75, 3.05) is 19.3 Å². The van der Waals surface area contributed by atoms with Gasteiger partial charge >= 0.3 is 18.0 Å². The fraction of sp³-hybridized carbons (Fsp3) is 0.552. The molecule has 1 saturated heterocycles. The maximum Gasteiger partial charge on any atom is 0.435 e. The summed E-state index contributed by atoms with van der Waals surface area (Å²) in [5.74, 6) is -2.71. The van der Waals surface area contributed by atoms with E-state index in [1.54, 1.807) is 0 Å². The van der Waals surface area contributed by atoms with Crippen LogP contribution in [0, 0.1) is 11.7 Å². The molecule has 0 bridgehead atoms. The molecule has 47 heavy (non-hydrogen) atoms. The molecule has 0 spiro atoms. The van der Waals surface area contributed by atoms with Crippen LogP contribution in [0.4, 0.5) is 35.1 Å². The molecule has 18 heteroatoms. The van der Waals surface area contributed by atoms with E-state index in [9.17, 15) is 57.5 Å². The Morgan fingerprint density at radius 2 is 1.47 bits per heavy atom. The number of aryl methyl sites for hydroxylation is 1. The Hall–Kier alpha value is -2.83. The van der Waals surface area contributed by atoms with E-state index >= 15 is 4.39 Å². The Labute approximate surface area is 265 Å². The van der Waals surface area contributed by atoms with E-state index in [0.29, 0.717) is 6.07 Å². The van der Waals surface area contributed by atoms with Crippen molar-refractivity contribution >= 4 is 25.8 Å². The van der Waals surface area contributed by atoms with Crippen LogP contribution in [0.5, 0.6) is 0 Å². The van der Waals surface area contributed by atoms with Gasteiger partial charge in [0.25, 0.3) is 5.91 Å². The third-order valence-corrected chi connectivity index (χ3v) is 13.6. The molecule has 1 aliphatic heterocycles. The molecule has 0 radical (unpaired) electrons. The number of benzene rings is 2. The molecule has 1 saturated carbocycles. The highest BCUT2D eigenvalue weighted by molar-refractivity contribution is 7.92. The number of amides is 1. The largest absolute Gasteiger partial charge is 0.435 e. The van der Waals surface area contributed by atoms with E-state index < -0.39 is 82.4 Å². The fourth-order valence-electron chi connectivity index (χ4n) is 7.27. The monoisotopic (exact) mass is 718 g/mol. The van der Waals surface area contributed by atoms with E-state index in [1.165, 1.54) is 0 Å². The molecule has 1 amide bonds. The Balaban J connectivity index is 1.57. The summed E-state index contributed by atoms with van der Waals surface area (Å²) < 4.78 is 162. The van der Waals surface area contributed by atoms with Crippen LogP contribution in [0.15, 0.2) is 47.4 Å². The third kappa shape index (κ3) is 5.61. The molecule has 1 heterocycles. The van der Waals surface area contributed by atoms with Gasteiger partial charge in [0.2, 0.25) is 10.0 Å².